The van der Waals surface area contributed by atoms with Gasteiger partial charge in [0.05, 0.1) is 12.7 Å². The van der Waals surface area contributed by atoms with Crippen molar-refractivity contribution in [2.75, 3.05) is 7.11 Å². The van der Waals surface area contributed by atoms with Crippen molar-refractivity contribution in [2.24, 2.45) is 0 Å². The van der Waals surface area contributed by atoms with Crippen LogP contribution in [-0.2, 0) is 6.61 Å². The summed E-state index contributed by atoms with van der Waals surface area (Å²) in [5.74, 6) is -0.0435. The number of carbonyl (C=O) groups is 1. The lowest BCUT2D eigenvalue weighted by Gasteiger charge is -2.13. The monoisotopic (exact) mass is 286 g/mol. The summed E-state index contributed by atoms with van der Waals surface area (Å²) in [4.78, 5) is 10.9. The fourth-order valence-electron chi connectivity index (χ4n) is 2.03. The summed E-state index contributed by atoms with van der Waals surface area (Å²) in [7, 11) is 1.49. The number of benzene rings is 2. The molecule has 0 fully saturated rings. The van der Waals surface area contributed by atoms with E-state index in [1.165, 1.54) is 24.8 Å². The highest BCUT2D eigenvalue weighted by Crippen LogP contribution is 2.29. The summed E-state index contributed by atoms with van der Waals surface area (Å²) in [6.45, 7) is 4.48. The molecule has 21 heavy (non-hydrogen) atoms. The van der Waals surface area contributed by atoms with Crippen molar-refractivity contribution in [1.29, 1.82) is 0 Å². The fourth-order valence-corrected chi connectivity index (χ4v) is 2.03. The van der Waals surface area contributed by atoms with Crippen LogP contribution in [0.3, 0.4) is 0 Å². The van der Waals surface area contributed by atoms with E-state index in [1.54, 1.807) is 6.07 Å². The minimum absolute atomic E-state index is 0.172. The van der Waals surface area contributed by atoms with Gasteiger partial charge in [0.15, 0.2) is 11.5 Å². The molecule has 0 aliphatic rings. The number of aryl methyl sites for hydroxylation is 2. The molecule has 0 amide bonds. The Hall–Kier alpha value is -2.49. The molecule has 4 heteroatoms. The highest BCUT2D eigenvalue weighted by molar-refractivity contribution is 5.88. The molecule has 0 atom stereocenters. The molecular formula is C17H18O4. The van der Waals surface area contributed by atoms with Crippen LogP contribution in [0.5, 0.6) is 11.5 Å². The standard InChI is InChI=1S/C17H18O4/c1-11-4-5-12(2)14(8-11)10-21-15-7-6-13(17(18)19)9-16(15)20-3/h4-9H,10H2,1-3H3,(H,18,19). The Morgan fingerprint density at radius 2 is 1.86 bits per heavy atom. The van der Waals surface area contributed by atoms with Crippen LogP contribution in [0.15, 0.2) is 36.4 Å². The van der Waals surface area contributed by atoms with Crippen LogP contribution in [-0.4, -0.2) is 18.2 Å². The smallest absolute Gasteiger partial charge is 0.335 e. The third-order valence-electron chi connectivity index (χ3n) is 3.30. The van der Waals surface area contributed by atoms with E-state index in [-0.39, 0.29) is 5.56 Å². The number of hydrogen-bond donors (Lipinski definition) is 1. The Kier molecular flexibility index (Phi) is 4.48. The van der Waals surface area contributed by atoms with Crippen LogP contribution in [0.1, 0.15) is 27.0 Å². The van der Waals surface area contributed by atoms with Crippen molar-refractivity contribution in [2.45, 2.75) is 20.5 Å². The average Bonchev–Trinajstić information content (AvgIpc) is 2.47. The van der Waals surface area contributed by atoms with Crippen LogP contribution in [0.25, 0.3) is 0 Å². The number of aromatic carboxylic acids is 1. The molecule has 0 aromatic heterocycles. The summed E-state index contributed by atoms with van der Waals surface area (Å²) < 4.78 is 11.0. The molecule has 0 saturated heterocycles. The molecule has 2 rings (SSSR count). The number of carboxylic acid groups (broad SMARTS) is 1. The van der Waals surface area contributed by atoms with Gasteiger partial charge in [-0.15, -0.1) is 0 Å². The summed E-state index contributed by atoms with van der Waals surface area (Å²) in [6.07, 6.45) is 0. The summed E-state index contributed by atoms with van der Waals surface area (Å²) in [5, 5.41) is 8.97. The predicted molar refractivity (Wildman–Crippen MR) is 80.2 cm³/mol. The molecule has 0 aliphatic heterocycles. The van der Waals surface area contributed by atoms with Crippen molar-refractivity contribution >= 4 is 5.97 Å². The Labute approximate surface area is 123 Å². The lowest BCUT2D eigenvalue weighted by molar-refractivity contribution is 0.0696. The molecule has 1 N–H and O–H groups in total. The number of carboxylic acids is 1. The topological polar surface area (TPSA) is 55.8 Å². The van der Waals surface area contributed by atoms with Crippen molar-refractivity contribution in [3.05, 3.63) is 58.7 Å². The second-order valence-corrected chi connectivity index (χ2v) is 4.89. The van der Waals surface area contributed by atoms with E-state index in [0.29, 0.717) is 18.1 Å². The molecule has 0 saturated carbocycles. The van der Waals surface area contributed by atoms with Gasteiger partial charge in [0.1, 0.15) is 6.61 Å². The first-order valence-electron chi connectivity index (χ1n) is 6.61. The minimum atomic E-state index is -0.991. The van der Waals surface area contributed by atoms with Crippen molar-refractivity contribution in [1.82, 2.24) is 0 Å². The number of ether oxygens (including phenoxy) is 2. The van der Waals surface area contributed by atoms with E-state index in [0.717, 1.165) is 11.1 Å². The van der Waals surface area contributed by atoms with E-state index in [2.05, 4.69) is 18.2 Å². The van der Waals surface area contributed by atoms with Gasteiger partial charge >= 0.3 is 5.97 Å². The average molecular weight is 286 g/mol. The van der Waals surface area contributed by atoms with Gasteiger partial charge in [-0.1, -0.05) is 23.8 Å². The fraction of sp³-hybridized carbons (Fsp3) is 0.235. The van der Waals surface area contributed by atoms with Gasteiger partial charge in [-0.2, -0.15) is 0 Å². The third kappa shape index (κ3) is 3.54. The second-order valence-electron chi connectivity index (χ2n) is 4.89. The van der Waals surface area contributed by atoms with Crippen molar-refractivity contribution < 1.29 is 19.4 Å². The zero-order chi connectivity index (χ0) is 15.4. The first-order chi connectivity index (χ1) is 10.0. The molecular weight excluding hydrogens is 268 g/mol. The second kappa shape index (κ2) is 6.31. The molecule has 4 nitrogen and oxygen atoms in total. The highest BCUT2D eigenvalue weighted by Gasteiger charge is 2.10. The van der Waals surface area contributed by atoms with E-state index < -0.39 is 5.97 Å². The van der Waals surface area contributed by atoms with Gasteiger partial charge in [0.2, 0.25) is 0 Å². The van der Waals surface area contributed by atoms with Gasteiger partial charge in [-0.3, -0.25) is 0 Å². The lowest BCUT2D eigenvalue weighted by Crippen LogP contribution is -2.02. The van der Waals surface area contributed by atoms with Gasteiger partial charge in [0.25, 0.3) is 0 Å². The normalized spacial score (nSPS) is 10.2. The maximum absolute atomic E-state index is 10.9. The third-order valence-corrected chi connectivity index (χ3v) is 3.30. The zero-order valence-corrected chi connectivity index (χ0v) is 12.3. The van der Waals surface area contributed by atoms with Gasteiger partial charge in [-0.25, -0.2) is 4.79 Å². The quantitative estimate of drug-likeness (QED) is 0.912. The molecule has 2 aromatic rings. The molecule has 2 aromatic carbocycles. The number of rotatable bonds is 5. The summed E-state index contributed by atoms with van der Waals surface area (Å²) >= 11 is 0. The molecule has 0 aliphatic carbocycles. The largest absolute Gasteiger partial charge is 0.493 e. The SMILES string of the molecule is COc1cc(C(=O)O)ccc1OCc1cc(C)ccc1C. The predicted octanol–water partition coefficient (Wildman–Crippen LogP) is 3.59. The van der Waals surface area contributed by atoms with E-state index in [4.69, 9.17) is 14.6 Å². The number of methoxy groups -OCH3 is 1. The maximum Gasteiger partial charge on any atom is 0.335 e. The van der Waals surface area contributed by atoms with Crippen LogP contribution in [0.4, 0.5) is 0 Å². The van der Waals surface area contributed by atoms with Gasteiger partial charge in [0, 0.05) is 0 Å². The maximum atomic E-state index is 10.9. The van der Waals surface area contributed by atoms with Gasteiger partial charge in [-0.05, 0) is 43.2 Å². The van der Waals surface area contributed by atoms with E-state index in [1.807, 2.05) is 13.8 Å². The molecule has 0 unspecified atom stereocenters. The first-order valence-corrected chi connectivity index (χ1v) is 6.61. The zero-order valence-electron chi connectivity index (χ0n) is 12.3. The molecule has 0 heterocycles. The molecule has 0 bridgehead atoms. The van der Waals surface area contributed by atoms with Crippen molar-refractivity contribution in [3.8, 4) is 11.5 Å². The van der Waals surface area contributed by atoms with Crippen molar-refractivity contribution in [3.63, 3.8) is 0 Å². The Morgan fingerprint density at radius 1 is 1.10 bits per heavy atom. The summed E-state index contributed by atoms with van der Waals surface area (Å²) in [6, 6.07) is 10.8. The Bertz CT molecular complexity index is 662. The first kappa shape index (κ1) is 14.9. The van der Waals surface area contributed by atoms with Crippen LogP contribution >= 0.6 is 0 Å². The molecule has 0 spiro atoms. The minimum Gasteiger partial charge on any atom is -0.493 e. The molecule has 110 valence electrons. The van der Waals surface area contributed by atoms with Crippen LogP contribution in [0.2, 0.25) is 0 Å². The van der Waals surface area contributed by atoms with Gasteiger partial charge < -0.3 is 14.6 Å². The van der Waals surface area contributed by atoms with Crippen LogP contribution < -0.4 is 9.47 Å². The number of hydrogen-bond acceptors (Lipinski definition) is 3. The Morgan fingerprint density at radius 3 is 2.52 bits per heavy atom. The van der Waals surface area contributed by atoms with E-state index >= 15 is 0 Å². The van der Waals surface area contributed by atoms with E-state index in [9.17, 15) is 4.79 Å². The molecule has 0 radical (unpaired) electrons. The highest BCUT2D eigenvalue weighted by atomic mass is 16.5. The van der Waals surface area contributed by atoms with Crippen LogP contribution in [0, 0.1) is 13.8 Å². The summed E-state index contributed by atoms with van der Waals surface area (Å²) in [5.41, 5.74) is 3.60. The Balaban J connectivity index is 2.19. The lowest BCUT2D eigenvalue weighted by atomic mass is 10.1.